The summed E-state index contributed by atoms with van der Waals surface area (Å²) in [6, 6.07) is 0. The van der Waals surface area contributed by atoms with Crippen molar-refractivity contribution >= 4 is 14.2 Å². The third-order valence-corrected chi connectivity index (χ3v) is 2.36. The first-order valence-corrected chi connectivity index (χ1v) is 7.54. The number of amides is 1. The van der Waals surface area contributed by atoms with E-state index < -0.39 is 14.2 Å². The Morgan fingerprint density at radius 3 is 2.33 bits per heavy atom. The summed E-state index contributed by atoms with van der Waals surface area (Å²) in [6.45, 7) is 8.42. The molecule has 4 heteroatoms. The molecule has 0 aromatic carbocycles. The van der Waals surface area contributed by atoms with Gasteiger partial charge >= 0.3 is 6.09 Å². The molecular weight excluding hydrogens is 170 g/mol. The third kappa shape index (κ3) is 7.34. The Balaban J connectivity index is 3.91. The minimum Gasteiger partial charge on any atom is -0.442 e. The Bertz CT molecular complexity index is 184. The van der Waals surface area contributed by atoms with Gasteiger partial charge in [-0.1, -0.05) is 31.4 Å². The van der Waals surface area contributed by atoms with E-state index in [2.05, 4.69) is 25.3 Å². The molecule has 0 bridgehead atoms. The molecule has 2 N–H and O–H groups in total. The number of carbonyl (C=O) groups is 1. The number of carbonyl (C=O) groups excluding carboxylic acids is 1. The van der Waals surface area contributed by atoms with E-state index in [-0.39, 0.29) is 6.10 Å². The Morgan fingerprint density at radius 2 is 2.00 bits per heavy atom. The Morgan fingerprint density at radius 1 is 1.50 bits per heavy atom. The van der Waals surface area contributed by atoms with E-state index >= 15 is 0 Å². The van der Waals surface area contributed by atoms with E-state index in [1.807, 2.05) is 6.08 Å². The zero-order chi connectivity index (χ0) is 9.78. The highest BCUT2D eigenvalue weighted by Crippen LogP contribution is 2.04. The van der Waals surface area contributed by atoms with Gasteiger partial charge in [0, 0.05) is 0 Å². The van der Waals surface area contributed by atoms with Crippen LogP contribution in [0.4, 0.5) is 4.79 Å². The van der Waals surface area contributed by atoms with Crippen molar-refractivity contribution in [3.63, 3.8) is 0 Å². The molecule has 0 aromatic heterocycles. The zero-order valence-corrected chi connectivity index (χ0v) is 9.13. The van der Waals surface area contributed by atoms with Gasteiger partial charge in [0.05, 0.1) is 8.07 Å². The number of nitrogens with two attached hydrogens (primary N) is 1. The Hall–Kier alpha value is -0.773. The fourth-order valence-corrected chi connectivity index (χ4v) is 1.50. The first-order valence-electron chi connectivity index (χ1n) is 3.97. The van der Waals surface area contributed by atoms with Gasteiger partial charge in [-0.3, -0.25) is 0 Å². The molecule has 0 aliphatic rings. The van der Waals surface area contributed by atoms with Gasteiger partial charge in [0.1, 0.15) is 6.10 Å². The second-order valence-electron chi connectivity index (χ2n) is 3.87. The SMILES string of the molecule is C[C@H](/C=C/[Si](C)(C)C)OC(N)=O. The van der Waals surface area contributed by atoms with Crippen LogP contribution in [0.1, 0.15) is 6.92 Å². The molecule has 1 atom stereocenters. The van der Waals surface area contributed by atoms with Crippen molar-refractivity contribution in [3.05, 3.63) is 11.8 Å². The fraction of sp³-hybridized carbons (Fsp3) is 0.625. The van der Waals surface area contributed by atoms with Gasteiger partial charge in [0.2, 0.25) is 0 Å². The van der Waals surface area contributed by atoms with Crippen LogP contribution in [0.3, 0.4) is 0 Å². The van der Waals surface area contributed by atoms with E-state index in [1.165, 1.54) is 0 Å². The van der Waals surface area contributed by atoms with E-state index in [9.17, 15) is 4.79 Å². The molecule has 0 saturated heterocycles. The Kier molecular flexibility index (Phi) is 4.02. The van der Waals surface area contributed by atoms with Crippen LogP contribution in [0.15, 0.2) is 11.8 Å². The topological polar surface area (TPSA) is 52.3 Å². The molecule has 0 radical (unpaired) electrons. The molecular formula is C8H17NO2Si. The summed E-state index contributed by atoms with van der Waals surface area (Å²) < 4.78 is 4.72. The van der Waals surface area contributed by atoms with Gasteiger partial charge in [-0.2, -0.15) is 0 Å². The van der Waals surface area contributed by atoms with Crippen LogP contribution in [0.5, 0.6) is 0 Å². The van der Waals surface area contributed by atoms with E-state index in [0.717, 1.165) is 0 Å². The smallest absolute Gasteiger partial charge is 0.405 e. The second kappa shape index (κ2) is 4.30. The van der Waals surface area contributed by atoms with Crippen molar-refractivity contribution in [2.45, 2.75) is 32.7 Å². The molecule has 0 rings (SSSR count). The molecule has 3 nitrogen and oxygen atoms in total. The predicted molar refractivity (Wildman–Crippen MR) is 52.6 cm³/mol. The van der Waals surface area contributed by atoms with E-state index in [0.29, 0.717) is 0 Å². The number of rotatable bonds is 3. The Labute approximate surface area is 74.6 Å². The summed E-state index contributed by atoms with van der Waals surface area (Å²) in [6.07, 6.45) is 0.953. The molecule has 0 aromatic rings. The zero-order valence-electron chi connectivity index (χ0n) is 8.13. The van der Waals surface area contributed by atoms with Crippen LogP contribution in [0, 0.1) is 0 Å². The molecule has 0 aliphatic carbocycles. The molecule has 1 amide bonds. The molecule has 0 aliphatic heterocycles. The van der Waals surface area contributed by atoms with Crippen molar-refractivity contribution in [1.82, 2.24) is 0 Å². The summed E-state index contributed by atoms with van der Waals surface area (Å²) in [4.78, 5) is 10.3. The van der Waals surface area contributed by atoms with Crippen LogP contribution in [0.25, 0.3) is 0 Å². The van der Waals surface area contributed by atoms with Gasteiger partial charge in [0.15, 0.2) is 0 Å². The van der Waals surface area contributed by atoms with Gasteiger partial charge in [-0.15, -0.1) is 0 Å². The summed E-state index contributed by atoms with van der Waals surface area (Å²) in [5.41, 5.74) is 6.97. The maximum absolute atomic E-state index is 10.3. The summed E-state index contributed by atoms with van der Waals surface area (Å²) in [7, 11) is -1.18. The van der Waals surface area contributed by atoms with E-state index in [1.54, 1.807) is 6.92 Å². The van der Waals surface area contributed by atoms with Crippen LogP contribution in [-0.2, 0) is 4.74 Å². The first kappa shape index (κ1) is 11.2. The summed E-state index contributed by atoms with van der Waals surface area (Å²) >= 11 is 0. The molecule has 0 fully saturated rings. The highest BCUT2D eigenvalue weighted by molar-refractivity contribution is 6.80. The molecule has 0 saturated carbocycles. The molecule has 70 valence electrons. The quantitative estimate of drug-likeness (QED) is 0.686. The van der Waals surface area contributed by atoms with Crippen LogP contribution in [0.2, 0.25) is 19.6 Å². The highest BCUT2D eigenvalue weighted by Gasteiger charge is 2.08. The van der Waals surface area contributed by atoms with Gasteiger partial charge in [-0.05, 0) is 6.92 Å². The van der Waals surface area contributed by atoms with Crippen molar-refractivity contribution in [2.24, 2.45) is 5.73 Å². The van der Waals surface area contributed by atoms with Crippen molar-refractivity contribution < 1.29 is 9.53 Å². The van der Waals surface area contributed by atoms with Crippen molar-refractivity contribution in [2.75, 3.05) is 0 Å². The monoisotopic (exact) mass is 187 g/mol. The minimum absolute atomic E-state index is 0.214. The first-order chi connectivity index (χ1) is 5.31. The maximum Gasteiger partial charge on any atom is 0.405 e. The average molecular weight is 187 g/mol. The normalized spacial score (nSPS) is 14.7. The van der Waals surface area contributed by atoms with Crippen molar-refractivity contribution in [3.8, 4) is 0 Å². The highest BCUT2D eigenvalue weighted by atomic mass is 28.3. The van der Waals surface area contributed by atoms with Crippen LogP contribution in [-0.4, -0.2) is 20.3 Å². The van der Waals surface area contributed by atoms with Crippen LogP contribution >= 0.6 is 0 Å². The average Bonchev–Trinajstić information content (AvgIpc) is 1.80. The van der Waals surface area contributed by atoms with Gasteiger partial charge < -0.3 is 10.5 Å². The second-order valence-corrected chi connectivity index (χ2v) is 8.93. The molecule has 0 spiro atoms. The van der Waals surface area contributed by atoms with Crippen molar-refractivity contribution in [1.29, 1.82) is 0 Å². The lowest BCUT2D eigenvalue weighted by Gasteiger charge is -2.11. The molecule has 12 heavy (non-hydrogen) atoms. The molecule has 0 unspecified atom stereocenters. The largest absolute Gasteiger partial charge is 0.442 e. The number of hydrogen-bond donors (Lipinski definition) is 1. The summed E-state index contributed by atoms with van der Waals surface area (Å²) in [5, 5.41) is 0. The lowest BCUT2D eigenvalue weighted by molar-refractivity contribution is 0.137. The lowest BCUT2D eigenvalue weighted by atomic mass is 10.4. The molecule has 0 heterocycles. The predicted octanol–water partition coefficient (Wildman–Crippen LogP) is 1.90. The number of primary amides is 1. The number of ether oxygens (including phenoxy) is 1. The van der Waals surface area contributed by atoms with Gasteiger partial charge in [-0.25, -0.2) is 4.79 Å². The fourth-order valence-electron chi connectivity index (χ4n) is 0.647. The standard InChI is InChI=1S/C8H17NO2Si/c1-7(11-8(9)10)5-6-12(2,3)4/h5-7H,1-4H3,(H2,9,10)/b6-5+/t7-/m1/s1. The lowest BCUT2D eigenvalue weighted by Crippen LogP contribution is -2.21. The third-order valence-electron chi connectivity index (χ3n) is 1.17. The van der Waals surface area contributed by atoms with Gasteiger partial charge in [0.25, 0.3) is 0 Å². The summed E-state index contributed by atoms with van der Waals surface area (Å²) in [5.74, 6) is 0. The van der Waals surface area contributed by atoms with E-state index in [4.69, 9.17) is 10.5 Å². The minimum atomic E-state index is -1.18. The van der Waals surface area contributed by atoms with Crippen LogP contribution < -0.4 is 5.73 Å². The number of hydrogen-bond acceptors (Lipinski definition) is 2. The maximum atomic E-state index is 10.3.